The number of carbonyl (C=O) groups is 2. The van der Waals surface area contributed by atoms with Gasteiger partial charge in [0.15, 0.2) is 0 Å². The predicted molar refractivity (Wildman–Crippen MR) is 79.5 cm³/mol. The molecule has 1 rings (SSSR count). The Morgan fingerprint density at radius 3 is 2.43 bits per heavy atom. The fourth-order valence-electron chi connectivity index (χ4n) is 1.40. The van der Waals surface area contributed by atoms with Gasteiger partial charge in [0.2, 0.25) is 0 Å². The Kier molecular flexibility index (Phi) is 5.26. The van der Waals surface area contributed by atoms with Crippen LogP contribution in [-0.4, -0.2) is 34.1 Å². The molecule has 7 nitrogen and oxygen atoms in total. The summed E-state index contributed by atoms with van der Waals surface area (Å²) in [5.74, 6) is -0.710. The molecule has 0 aliphatic heterocycles. The zero-order valence-electron chi connectivity index (χ0n) is 12.7. The third kappa shape index (κ3) is 4.42. The molecule has 0 saturated carbocycles. The summed E-state index contributed by atoms with van der Waals surface area (Å²) in [7, 11) is 0. The minimum absolute atomic E-state index is 0.0104. The number of carbonyl (C=O) groups excluding carboxylic acids is 1. The molecule has 1 aromatic heterocycles. The summed E-state index contributed by atoms with van der Waals surface area (Å²) in [5, 5.41) is 12.2. The normalized spacial score (nSPS) is 11.8. The fraction of sp³-hybridized carbons (Fsp3) is 0.500. The van der Waals surface area contributed by atoms with Gasteiger partial charge in [-0.25, -0.2) is 4.98 Å². The number of aromatic nitrogens is 1. The van der Waals surface area contributed by atoms with Crippen LogP contribution < -0.4 is 16.2 Å². The molecule has 1 aromatic rings. The highest BCUT2D eigenvalue weighted by Crippen LogP contribution is 2.30. The monoisotopic (exact) mass is 294 g/mol. The second-order valence-corrected chi connectivity index (χ2v) is 5.80. The molecule has 1 amide bonds. The zero-order valence-corrected chi connectivity index (χ0v) is 12.7. The first-order valence-corrected chi connectivity index (χ1v) is 6.61. The summed E-state index contributed by atoms with van der Waals surface area (Å²) in [6.07, 6.45) is 1.60. The number of carboxylic acid groups (broad SMARTS) is 1. The van der Waals surface area contributed by atoms with Crippen molar-refractivity contribution in [1.29, 1.82) is 0 Å². The number of anilines is 1. The maximum atomic E-state index is 11.7. The van der Waals surface area contributed by atoms with Crippen molar-refractivity contribution in [2.24, 2.45) is 5.41 Å². The molecule has 0 fully saturated rings. The summed E-state index contributed by atoms with van der Waals surface area (Å²) >= 11 is 0. The van der Waals surface area contributed by atoms with E-state index < -0.39 is 16.9 Å². The second-order valence-electron chi connectivity index (χ2n) is 5.80. The van der Waals surface area contributed by atoms with Crippen molar-refractivity contribution in [1.82, 2.24) is 15.7 Å². The van der Waals surface area contributed by atoms with Crippen LogP contribution in [0.4, 0.5) is 5.82 Å². The number of nitrogens with zero attached hydrogens (tertiary/aromatic N) is 1. The number of pyridine rings is 1. The highest BCUT2D eigenvalue weighted by atomic mass is 16.4. The van der Waals surface area contributed by atoms with Gasteiger partial charge in [0.05, 0.1) is 12.0 Å². The molecular weight excluding hydrogens is 272 g/mol. The highest BCUT2D eigenvalue weighted by Gasteiger charge is 2.43. The van der Waals surface area contributed by atoms with Gasteiger partial charge in [-0.3, -0.25) is 20.4 Å². The number of rotatable bonds is 7. The van der Waals surface area contributed by atoms with Crippen molar-refractivity contribution in [2.45, 2.75) is 33.2 Å². The molecular formula is C14H22N4O3. The first-order chi connectivity index (χ1) is 9.67. The van der Waals surface area contributed by atoms with Crippen LogP contribution >= 0.6 is 0 Å². The van der Waals surface area contributed by atoms with Crippen molar-refractivity contribution in [3.8, 4) is 0 Å². The van der Waals surface area contributed by atoms with Crippen LogP contribution in [0.25, 0.3) is 0 Å². The maximum Gasteiger partial charge on any atom is 0.310 e. The number of amides is 1. The third-order valence-electron chi connectivity index (χ3n) is 3.78. The number of hydrogen-bond acceptors (Lipinski definition) is 5. The third-order valence-corrected chi connectivity index (χ3v) is 3.78. The van der Waals surface area contributed by atoms with Crippen molar-refractivity contribution in [3.63, 3.8) is 0 Å². The molecule has 0 spiro atoms. The Hall–Kier alpha value is -2.15. The van der Waals surface area contributed by atoms with Crippen LogP contribution in [0.5, 0.6) is 0 Å². The molecule has 0 unspecified atom stereocenters. The molecule has 0 radical (unpaired) electrons. The molecule has 21 heavy (non-hydrogen) atoms. The summed E-state index contributed by atoms with van der Waals surface area (Å²) in [6, 6.07) is 5.27. The summed E-state index contributed by atoms with van der Waals surface area (Å²) in [6.45, 7) is 6.73. The lowest BCUT2D eigenvalue weighted by molar-refractivity contribution is -0.151. The van der Waals surface area contributed by atoms with E-state index in [9.17, 15) is 14.7 Å². The Morgan fingerprint density at radius 2 is 1.90 bits per heavy atom. The average Bonchev–Trinajstić information content (AvgIpc) is 2.43. The van der Waals surface area contributed by atoms with Gasteiger partial charge in [-0.2, -0.15) is 0 Å². The van der Waals surface area contributed by atoms with Crippen LogP contribution in [0, 0.1) is 5.41 Å². The quantitative estimate of drug-likeness (QED) is 0.560. The van der Waals surface area contributed by atoms with Gasteiger partial charge in [-0.05, 0) is 39.8 Å². The van der Waals surface area contributed by atoms with Gasteiger partial charge in [-0.15, -0.1) is 0 Å². The van der Waals surface area contributed by atoms with Crippen molar-refractivity contribution >= 4 is 17.7 Å². The number of hydrogen-bond donors (Lipinski definition) is 4. The molecule has 7 heteroatoms. The van der Waals surface area contributed by atoms with Gasteiger partial charge in [-0.1, -0.05) is 6.07 Å². The first kappa shape index (κ1) is 16.9. The lowest BCUT2D eigenvalue weighted by atomic mass is 9.74. The summed E-state index contributed by atoms with van der Waals surface area (Å²) < 4.78 is 0. The molecule has 116 valence electrons. The fourth-order valence-corrected chi connectivity index (χ4v) is 1.40. The molecule has 4 N–H and O–H groups in total. The Labute approximate surface area is 124 Å². The zero-order chi connectivity index (χ0) is 16.1. The molecule has 0 aliphatic rings. The van der Waals surface area contributed by atoms with E-state index in [1.165, 1.54) is 0 Å². The van der Waals surface area contributed by atoms with Gasteiger partial charge < -0.3 is 10.4 Å². The Morgan fingerprint density at radius 1 is 1.24 bits per heavy atom. The van der Waals surface area contributed by atoms with E-state index in [0.29, 0.717) is 5.82 Å². The SMILES string of the molecule is CC(C)(NCC(=O)NNc1ccccn1)C(C)(C)C(=O)O. The summed E-state index contributed by atoms with van der Waals surface area (Å²) in [4.78, 5) is 27.0. The van der Waals surface area contributed by atoms with E-state index in [0.717, 1.165) is 0 Å². The van der Waals surface area contributed by atoms with Crippen LogP contribution in [-0.2, 0) is 9.59 Å². The number of carboxylic acids is 1. The Balaban J connectivity index is 2.47. The summed E-state index contributed by atoms with van der Waals surface area (Å²) in [5.41, 5.74) is 3.40. The van der Waals surface area contributed by atoms with E-state index in [2.05, 4.69) is 21.2 Å². The van der Waals surface area contributed by atoms with Crippen LogP contribution in [0.3, 0.4) is 0 Å². The minimum Gasteiger partial charge on any atom is -0.481 e. The van der Waals surface area contributed by atoms with E-state index in [1.54, 1.807) is 52.1 Å². The smallest absolute Gasteiger partial charge is 0.310 e. The standard InChI is InChI=1S/C14H22N4O3/c1-13(2,12(20)21)14(3,4)16-9-11(19)18-17-10-7-5-6-8-15-10/h5-8,16H,9H2,1-4H3,(H,15,17)(H,18,19)(H,20,21). The van der Waals surface area contributed by atoms with Crippen molar-refractivity contribution in [3.05, 3.63) is 24.4 Å². The number of hydrazine groups is 1. The van der Waals surface area contributed by atoms with E-state index >= 15 is 0 Å². The molecule has 0 aromatic carbocycles. The highest BCUT2D eigenvalue weighted by molar-refractivity contribution is 5.80. The van der Waals surface area contributed by atoms with Gasteiger partial charge >= 0.3 is 5.97 Å². The molecule has 0 atom stereocenters. The van der Waals surface area contributed by atoms with Gasteiger partial charge in [0, 0.05) is 11.7 Å². The number of aliphatic carboxylic acids is 1. The molecule has 0 bridgehead atoms. The van der Waals surface area contributed by atoms with Crippen LogP contribution in [0.2, 0.25) is 0 Å². The van der Waals surface area contributed by atoms with E-state index in [4.69, 9.17) is 0 Å². The van der Waals surface area contributed by atoms with Crippen molar-refractivity contribution in [2.75, 3.05) is 12.0 Å². The minimum atomic E-state index is -1.01. The molecule has 0 aliphatic carbocycles. The predicted octanol–water partition coefficient (Wildman–Crippen LogP) is 1.00. The van der Waals surface area contributed by atoms with Crippen LogP contribution in [0.15, 0.2) is 24.4 Å². The van der Waals surface area contributed by atoms with Crippen molar-refractivity contribution < 1.29 is 14.7 Å². The lowest BCUT2D eigenvalue weighted by Crippen LogP contribution is -2.57. The van der Waals surface area contributed by atoms with Gasteiger partial charge in [0.1, 0.15) is 5.82 Å². The molecule has 0 saturated heterocycles. The number of nitrogens with one attached hydrogen (secondary N) is 3. The largest absolute Gasteiger partial charge is 0.481 e. The molecule has 1 heterocycles. The maximum absolute atomic E-state index is 11.7. The Bertz CT molecular complexity index is 500. The second kappa shape index (κ2) is 6.53. The van der Waals surface area contributed by atoms with Gasteiger partial charge in [0.25, 0.3) is 5.91 Å². The van der Waals surface area contributed by atoms with Crippen LogP contribution in [0.1, 0.15) is 27.7 Å². The average molecular weight is 294 g/mol. The van der Waals surface area contributed by atoms with E-state index in [-0.39, 0.29) is 12.5 Å². The first-order valence-electron chi connectivity index (χ1n) is 6.61. The topological polar surface area (TPSA) is 103 Å². The van der Waals surface area contributed by atoms with E-state index in [1.807, 2.05) is 0 Å². The lowest BCUT2D eigenvalue weighted by Gasteiger charge is -2.38.